The zero-order valence-electron chi connectivity index (χ0n) is 11.3. The highest BCUT2D eigenvalue weighted by Gasteiger charge is 2.15. The van der Waals surface area contributed by atoms with Crippen molar-refractivity contribution in [1.29, 1.82) is 0 Å². The molecule has 0 saturated carbocycles. The van der Waals surface area contributed by atoms with Crippen molar-refractivity contribution in [3.8, 4) is 0 Å². The molecule has 0 unspecified atom stereocenters. The van der Waals surface area contributed by atoms with Crippen molar-refractivity contribution in [3.05, 3.63) is 57.0 Å². The largest absolute Gasteiger partial charge is 0.381 e. The van der Waals surface area contributed by atoms with Gasteiger partial charge in [0.25, 0.3) is 0 Å². The maximum absolute atomic E-state index is 6.10. The molecule has 20 heavy (non-hydrogen) atoms. The fraction of sp³-hybridized carbons (Fsp3) is 0.250. The third-order valence-electron chi connectivity index (χ3n) is 3.69. The highest BCUT2D eigenvalue weighted by molar-refractivity contribution is 9.10. The van der Waals surface area contributed by atoms with Crippen LogP contribution in [0.1, 0.15) is 11.1 Å². The highest BCUT2D eigenvalue weighted by Crippen LogP contribution is 2.28. The first-order chi connectivity index (χ1) is 9.63. The minimum absolute atomic E-state index is 0.727. The second kappa shape index (κ2) is 5.66. The average molecular weight is 352 g/mol. The lowest BCUT2D eigenvalue weighted by Gasteiger charge is -2.13. The molecule has 0 fully saturated rings. The van der Waals surface area contributed by atoms with E-state index in [9.17, 15) is 0 Å². The summed E-state index contributed by atoms with van der Waals surface area (Å²) in [5.74, 6) is 0. The number of nitrogens with one attached hydrogen (secondary N) is 1. The molecule has 1 N–H and O–H groups in total. The van der Waals surface area contributed by atoms with Gasteiger partial charge in [0.1, 0.15) is 0 Å². The molecule has 4 heteroatoms. The van der Waals surface area contributed by atoms with Crippen LogP contribution in [-0.4, -0.2) is 13.6 Å². The monoisotopic (exact) mass is 350 g/mol. The Kier molecular flexibility index (Phi) is 3.90. The molecule has 2 aromatic carbocycles. The lowest BCUT2D eigenvalue weighted by atomic mass is 10.1. The van der Waals surface area contributed by atoms with Crippen LogP contribution in [0.25, 0.3) is 0 Å². The summed E-state index contributed by atoms with van der Waals surface area (Å²) in [6.07, 6.45) is 1.14. The van der Waals surface area contributed by atoms with Crippen molar-refractivity contribution in [3.63, 3.8) is 0 Å². The van der Waals surface area contributed by atoms with Crippen LogP contribution in [0.3, 0.4) is 0 Å². The first-order valence-corrected chi connectivity index (χ1v) is 7.82. The maximum atomic E-state index is 6.10. The summed E-state index contributed by atoms with van der Waals surface area (Å²) in [5.41, 5.74) is 5.15. The van der Waals surface area contributed by atoms with Crippen LogP contribution in [0.15, 0.2) is 40.9 Å². The number of fused-ring (bicyclic) bond motifs is 1. The molecule has 104 valence electrons. The second-order valence-corrected chi connectivity index (χ2v) is 6.38. The minimum Gasteiger partial charge on any atom is -0.381 e. The minimum atomic E-state index is 0.727. The predicted octanol–water partition coefficient (Wildman–Crippen LogP) is 4.71. The summed E-state index contributed by atoms with van der Waals surface area (Å²) >= 11 is 9.50. The van der Waals surface area contributed by atoms with Crippen LogP contribution in [0.2, 0.25) is 5.02 Å². The van der Waals surface area contributed by atoms with E-state index in [4.69, 9.17) is 11.6 Å². The van der Waals surface area contributed by atoms with Gasteiger partial charge in [-0.2, -0.15) is 0 Å². The zero-order chi connectivity index (χ0) is 14.1. The standard InChI is InChI=1S/C16H16BrClN2/c1-20-7-6-12-8-11(2-5-16(12)20)10-19-13-3-4-14(17)15(18)9-13/h2-5,8-9,19H,6-7,10H2,1H3. The van der Waals surface area contributed by atoms with Gasteiger partial charge in [-0.25, -0.2) is 0 Å². The van der Waals surface area contributed by atoms with Crippen molar-refractivity contribution in [2.45, 2.75) is 13.0 Å². The van der Waals surface area contributed by atoms with Crippen molar-refractivity contribution in [2.24, 2.45) is 0 Å². The molecule has 0 saturated heterocycles. The van der Waals surface area contributed by atoms with Crippen molar-refractivity contribution < 1.29 is 0 Å². The van der Waals surface area contributed by atoms with Gasteiger partial charge in [-0.05, 0) is 57.7 Å². The number of anilines is 2. The fourth-order valence-corrected chi connectivity index (χ4v) is 2.97. The maximum Gasteiger partial charge on any atom is 0.0568 e. The first kappa shape index (κ1) is 13.8. The number of nitrogens with zero attached hydrogens (tertiary/aromatic N) is 1. The van der Waals surface area contributed by atoms with Crippen LogP contribution in [-0.2, 0) is 13.0 Å². The molecular weight excluding hydrogens is 336 g/mol. The third kappa shape index (κ3) is 2.79. The number of likely N-dealkylation sites (N-methyl/N-ethyl adjacent to an activating group) is 1. The van der Waals surface area contributed by atoms with Crippen molar-refractivity contribution >= 4 is 38.9 Å². The number of rotatable bonds is 3. The van der Waals surface area contributed by atoms with E-state index in [1.165, 1.54) is 16.8 Å². The fourth-order valence-electron chi connectivity index (χ4n) is 2.54. The van der Waals surface area contributed by atoms with E-state index in [0.29, 0.717) is 0 Å². The van der Waals surface area contributed by atoms with Gasteiger partial charge in [-0.1, -0.05) is 23.7 Å². The molecule has 0 aliphatic carbocycles. The van der Waals surface area contributed by atoms with Gasteiger partial charge in [0, 0.05) is 36.0 Å². The summed E-state index contributed by atoms with van der Waals surface area (Å²) in [7, 11) is 2.15. The zero-order valence-corrected chi connectivity index (χ0v) is 13.6. The molecule has 3 rings (SSSR count). The molecule has 0 atom stereocenters. The van der Waals surface area contributed by atoms with E-state index in [1.807, 2.05) is 18.2 Å². The van der Waals surface area contributed by atoms with E-state index < -0.39 is 0 Å². The summed E-state index contributed by atoms with van der Waals surface area (Å²) in [6, 6.07) is 12.6. The molecule has 2 aromatic rings. The van der Waals surface area contributed by atoms with Crippen molar-refractivity contribution in [2.75, 3.05) is 23.8 Å². The van der Waals surface area contributed by atoms with Gasteiger partial charge < -0.3 is 10.2 Å². The molecule has 0 bridgehead atoms. The Bertz CT molecular complexity index is 642. The first-order valence-electron chi connectivity index (χ1n) is 6.65. The summed E-state index contributed by atoms with van der Waals surface area (Å²) in [5, 5.41) is 4.14. The molecule has 1 heterocycles. The topological polar surface area (TPSA) is 15.3 Å². The Balaban J connectivity index is 1.71. The van der Waals surface area contributed by atoms with Crippen LogP contribution in [0.4, 0.5) is 11.4 Å². The third-order valence-corrected chi connectivity index (χ3v) is 4.92. The lowest BCUT2D eigenvalue weighted by molar-refractivity contribution is 0.955. The van der Waals surface area contributed by atoms with E-state index in [0.717, 1.165) is 34.7 Å². The Morgan fingerprint density at radius 3 is 2.90 bits per heavy atom. The van der Waals surface area contributed by atoms with E-state index in [2.05, 4.69) is 51.4 Å². The number of benzene rings is 2. The molecule has 1 aliphatic rings. The summed E-state index contributed by atoms with van der Waals surface area (Å²) in [6.45, 7) is 1.93. The Hall–Kier alpha value is -1.19. The smallest absolute Gasteiger partial charge is 0.0568 e. The van der Waals surface area contributed by atoms with Crippen LogP contribution >= 0.6 is 27.5 Å². The number of halogens is 2. The van der Waals surface area contributed by atoms with Crippen LogP contribution in [0.5, 0.6) is 0 Å². The molecule has 1 aliphatic heterocycles. The van der Waals surface area contributed by atoms with Gasteiger partial charge >= 0.3 is 0 Å². The lowest BCUT2D eigenvalue weighted by Crippen LogP contribution is -2.12. The quantitative estimate of drug-likeness (QED) is 0.861. The summed E-state index contributed by atoms with van der Waals surface area (Å²) in [4.78, 5) is 2.31. The molecule has 0 amide bonds. The van der Waals surface area contributed by atoms with Gasteiger partial charge in [0.05, 0.1) is 5.02 Å². The van der Waals surface area contributed by atoms with Crippen LogP contribution < -0.4 is 10.2 Å². The van der Waals surface area contributed by atoms with E-state index >= 15 is 0 Å². The van der Waals surface area contributed by atoms with Gasteiger partial charge in [0.2, 0.25) is 0 Å². The number of hydrogen-bond donors (Lipinski definition) is 1. The Morgan fingerprint density at radius 1 is 1.25 bits per heavy atom. The Labute approximate surface area is 132 Å². The van der Waals surface area contributed by atoms with Gasteiger partial charge in [-0.3, -0.25) is 0 Å². The van der Waals surface area contributed by atoms with Crippen LogP contribution in [0, 0.1) is 0 Å². The number of hydrogen-bond acceptors (Lipinski definition) is 2. The second-order valence-electron chi connectivity index (χ2n) is 5.12. The van der Waals surface area contributed by atoms with Gasteiger partial charge in [0.15, 0.2) is 0 Å². The van der Waals surface area contributed by atoms with E-state index in [-0.39, 0.29) is 0 Å². The normalized spacial score (nSPS) is 13.4. The van der Waals surface area contributed by atoms with Crippen molar-refractivity contribution in [1.82, 2.24) is 0 Å². The average Bonchev–Trinajstić information content (AvgIpc) is 2.81. The predicted molar refractivity (Wildman–Crippen MR) is 89.9 cm³/mol. The molecule has 0 radical (unpaired) electrons. The molecule has 0 aromatic heterocycles. The molecule has 2 nitrogen and oxygen atoms in total. The summed E-state index contributed by atoms with van der Waals surface area (Å²) < 4.78 is 0.922. The molecular formula is C16H16BrClN2. The van der Waals surface area contributed by atoms with Gasteiger partial charge in [-0.15, -0.1) is 0 Å². The Morgan fingerprint density at radius 2 is 2.10 bits per heavy atom. The SMILES string of the molecule is CN1CCc2cc(CNc3ccc(Br)c(Cl)c3)ccc21. The van der Waals surface area contributed by atoms with E-state index in [1.54, 1.807) is 0 Å². The molecule has 0 spiro atoms. The highest BCUT2D eigenvalue weighted by atomic mass is 79.9.